The Morgan fingerprint density at radius 1 is 1.33 bits per heavy atom. The Labute approximate surface area is 107 Å². The van der Waals surface area contributed by atoms with Crippen molar-refractivity contribution in [2.45, 2.75) is 26.3 Å². The SMILES string of the molecule is CC1CC(Cn2nc(-c3ccccn3)cc2N)C1. The van der Waals surface area contributed by atoms with E-state index < -0.39 is 0 Å². The summed E-state index contributed by atoms with van der Waals surface area (Å²) in [5.41, 5.74) is 7.75. The lowest BCUT2D eigenvalue weighted by atomic mass is 9.76. The highest BCUT2D eigenvalue weighted by molar-refractivity contribution is 5.57. The molecule has 0 unspecified atom stereocenters. The lowest BCUT2D eigenvalue weighted by Gasteiger charge is -2.32. The van der Waals surface area contributed by atoms with Gasteiger partial charge in [-0.1, -0.05) is 13.0 Å². The summed E-state index contributed by atoms with van der Waals surface area (Å²) in [4.78, 5) is 4.30. The highest BCUT2D eigenvalue weighted by atomic mass is 15.3. The van der Waals surface area contributed by atoms with Crippen LogP contribution in [0, 0.1) is 11.8 Å². The van der Waals surface area contributed by atoms with Crippen LogP contribution in [0.5, 0.6) is 0 Å². The summed E-state index contributed by atoms with van der Waals surface area (Å²) in [5, 5.41) is 4.56. The highest BCUT2D eigenvalue weighted by Crippen LogP contribution is 2.34. The lowest BCUT2D eigenvalue weighted by Crippen LogP contribution is -2.26. The number of hydrogen-bond donors (Lipinski definition) is 1. The monoisotopic (exact) mass is 242 g/mol. The smallest absolute Gasteiger partial charge is 0.122 e. The average Bonchev–Trinajstić information content (AvgIpc) is 2.70. The van der Waals surface area contributed by atoms with E-state index in [0.717, 1.165) is 35.6 Å². The average molecular weight is 242 g/mol. The number of nitrogen functional groups attached to an aromatic ring is 1. The molecule has 0 spiro atoms. The van der Waals surface area contributed by atoms with Crippen molar-refractivity contribution in [2.75, 3.05) is 5.73 Å². The summed E-state index contributed by atoms with van der Waals surface area (Å²) >= 11 is 0. The first-order valence-electron chi connectivity index (χ1n) is 6.47. The van der Waals surface area contributed by atoms with Crippen molar-refractivity contribution in [1.82, 2.24) is 14.8 Å². The van der Waals surface area contributed by atoms with Crippen molar-refractivity contribution in [2.24, 2.45) is 11.8 Å². The van der Waals surface area contributed by atoms with Crippen LogP contribution in [0.25, 0.3) is 11.4 Å². The van der Waals surface area contributed by atoms with Crippen LogP contribution in [-0.4, -0.2) is 14.8 Å². The molecule has 1 saturated carbocycles. The molecule has 0 bridgehead atoms. The fourth-order valence-electron chi connectivity index (χ4n) is 2.68. The summed E-state index contributed by atoms with van der Waals surface area (Å²) in [6, 6.07) is 7.73. The molecule has 94 valence electrons. The number of rotatable bonds is 3. The molecule has 1 fully saturated rings. The summed E-state index contributed by atoms with van der Waals surface area (Å²) in [5.74, 6) is 2.33. The van der Waals surface area contributed by atoms with Crippen LogP contribution < -0.4 is 5.73 Å². The molecule has 2 aromatic rings. The number of hydrogen-bond acceptors (Lipinski definition) is 3. The molecule has 0 aromatic carbocycles. The molecule has 4 nitrogen and oxygen atoms in total. The van der Waals surface area contributed by atoms with Gasteiger partial charge in [0, 0.05) is 18.8 Å². The Morgan fingerprint density at radius 3 is 2.83 bits per heavy atom. The summed E-state index contributed by atoms with van der Waals surface area (Å²) in [6.07, 6.45) is 4.36. The third-order valence-corrected chi connectivity index (χ3v) is 3.64. The van der Waals surface area contributed by atoms with Gasteiger partial charge in [-0.25, -0.2) is 4.68 Å². The molecule has 2 N–H and O–H groups in total. The minimum Gasteiger partial charge on any atom is -0.384 e. The second-order valence-electron chi connectivity index (χ2n) is 5.29. The third kappa shape index (κ3) is 2.10. The van der Waals surface area contributed by atoms with Gasteiger partial charge in [-0.2, -0.15) is 5.10 Å². The first-order valence-corrected chi connectivity index (χ1v) is 6.47. The van der Waals surface area contributed by atoms with Crippen molar-refractivity contribution in [3.05, 3.63) is 30.5 Å². The van der Waals surface area contributed by atoms with Gasteiger partial charge in [0.1, 0.15) is 11.5 Å². The Hall–Kier alpha value is -1.84. The van der Waals surface area contributed by atoms with Crippen molar-refractivity contribution in [3.8, 4) is 11.4 Å². The fourth-order valence-corrected chi connectivity index (χ4v) is 2.68. The van der Waals surface area contributed by atoms with E-state index in [1.54, 1.807) is 6.20 Å². The van der Waals surface area contributed by atoms with E-state index in [-0.39, 0.29) is 0 Å². The van der Waals surface area contributed by atoms with E-state index in [4.69, 9.17) is 5.73 Å². The van der Waals surface area contributed by atoms with Crippen LogP contribution in [0.3, 0.4) is 0 Å². The van der Waals surface area contributed by atoms with Gasteiger partial charge in [0.2, 0.25) is 0 Å². The topological polar surface area (TPSA) is 56.7 Å². The molecular formula is C14H18N4. The normalized spacial score (nSPS) is 22.7. The van der Waals surface area contributed by atoms with Crippen molar-refractivity contribution in [3.63, 3.8) is 0 Å². The van der Waals surface area contributed by atoms with Gasteiger partial charge in [-0.3, -0.25) is 4.98 Å². The van der Waals surface area contributed by atoms with E-state index in [2.05, 4.69) is 17.0 Å². The maximum absolute atomic E-state index is 6.01. The molecule has 4 heteroatoms. The van der Waals surface area contributed by atoms with Crippen LogP contribution in [-0.2, 0) is 6.54 Å². The first-order chi connectivity index (χ1) is 8.72. The molecule has 1 aliphatic carbocycles. The van der Waals surface area contributed by atoms with E-state index in [9.17, 15) is 0 Å². The Balaban J connectivity index is 1.78. The molecule has 0 saturated heterocycles. The molecule has 18 heavy (non-hydrogen) atoms. The van der Waals surface area contributed by atoms with Crippen molar-refractivity contribution >= 4 is 5.82 Å². The van der Waals surface area contributed by atoms with Gasteiger partial charge in [0.25, 0.3) is 0 Å². The molecule has 2 heterocycles. The van der Waals surface area contributed by atoms with Crippen LogP contribution in [0.2, 0.25) is 0 Å². The first kappa shape index (κ1) is 11.3. The highest BCUT2D eigenvalue weighted by Gasteiger charge is 2.26. The predicted molar refractivity (Wildman–Crippen MR) is 71.8 cm³/mol. The zero-order chi connectivity index (χ0) is 12.5. The minimum absolute atomic E-state index is 0.732. The Kier molecular flexibility index (Phi) is 2.78. The largest absolute Gasteiger partial charge is 0.384 e. The minimum atomic E-state index is 0.732. The van der Waals surface area contributed by atoms with E-state index in [0.29, 0.717) is 0 Å². The number of nitrogens with two attached hydrogens (primary N) is 1. The quantitative estimate of drug-likeness (QED) is 0.900. The molecule has 2 aromatic heterocycles. The predicted octanol–water partition coefficient (Wildman–Crippen LogP) is 2.57. The van der Waals surface area contributed by atoms with Crippen LogP contribution in [0.15, 0.2) is 30.5 Å². The second kappa shape index (κ2) is 4.44. The molecule has 3 rings (SSSR count). The van der Waals surface area contributed by atoms with E-state index >= 15 is 0 Å². The molecule has 0 aliphatic heterocycles. The number of nitrogens with zero attached hydrogens (tertiary/aromatic N) is 3. The van der Waals surface area contributed by atoms with E-state index in [1.807, 2.05) is 28.9 Å². The summed E-state index contributed by atoms with van der Waals surface area (Å²) in [6.45, 7) is 3.23. The zero-order valence-corrected chi connectivity index (χ0v) is 10.6. The zero-order valence-electron chi connectivity index (χ0n) is 10.6. The van der Waals surface area contributed by atoms with Crippen LogP contribution in [0.4, 0.5) is 5.82 Å². The number of anilines is 1. The summed E-state index contributed by atoms with van der Waals surface area (Å²) < 4.78 is 1.92. The van der Waals surface area contributed by atoms with E-state index in [1.165, 1.54) is 12.8 Å². The molecule has 0 radical (unpaired) electrons. The molecule has 1 aliphatic rings. The van der Waals surface area contributed by atoms with Gasteiger partial charge >= 0.3 is 0 Å². The standard InChI is InChI=1S/C14H18N4/c1-10-6-11(7-10)9-18-14(15)8-13(17-18)12-4-2-3-5-16-12/h2-5,8,10-11H,6-7,9,15H2,1H3. The fraction of sp³-hybridized carbons (Fsp3) is 0.429. The summed E-state index contributed by atoms with van der Waals surface area (Å²) in [7, 11) is 0. The Bertz CT molecular complexity index is 526. The van der Waals surface area contributed by atoms with Crippen molar-refractivity contribution in [1.29, 1.82) is 0 Å². The molecule has 0 atom stereocenters. The maximum atomic E-state index is 6.01. The van der Waals surface area contributed by atoms with Gasteiger partial charge in [0.15, 0.2) is 0 Å². The van der Waals surface area contributed by atoms with Crippen molar-refractivity contribution < 1.29 is 0 Å². The second-order valence-corrected chi connectivity index (χ2v) is 5.29. The lowest BCUT2D eigenvalue weighted by molar-refractivity contribution is 0.183. The molecular weight excluding hydrogens is 224 g/mol. The van der Waals surface area contributed by atoms with Gasteiger partial charge in [-0.15, -0.1) is 0 Å². The third-order valence-electron chi connectivity index (χ3n) is 3.64. The molecule has 0 amide bonds. The van der Waals surface area contributed by atoms with Gasteiger partial charge in [-0.05, 0) is 36.8 Å². The van der Waals surface area contributed by atoms with Gasteiger partial charge < -0.3 is 5.73 Å². The number of pyridine rings is 1. The van der Waals surface area contributed by atoms with Crippen LogP contribution >= 0.6 is 0 Å². The van der Waals surface area contributed by atoms with Crippen LogP contribution in [0.1, 0.15) is 19.8 Å². The number of aromatic nitrogens is 3. The van der Waals surface area contributed by atoms with Gasteiger partial charge in [0.05, 0.1) is 5.69 Å². The Morgan fingerprint density at radius 2 is 2.17 bits per heavy atom. The maximum Gasteiger partial charge on any atom is 0.122 e.